The third-order valence-corrected chi connectivity index (χ3v) is 5.39. The van der Waals surface area contributed by atoms with Crippen LogP contribution in [0.1, 0.15) is 25.0 Å². The van der Waals surface area contributed by atoms with E-state index in [0.717, 1.165) is 50.4 Å². The number of alkyl halides is 3. The van der Waals surface area contributed by atoms with Crippen LogP contribution in [-0.4, -0.2) is 43.6 Å². The number of halogens is 3. The van der Waals surface area contributed by atoms with Crippen molar-refractivity contribution in [1.29, 1.82) is 0 Å². The van der Waals surface area contributed by atoms with E-state index in [1.54, 1.807) is 12.3 Å². The van der Waals surface area contributed by atoms with Gasteiger partial charge in [-0.05, 0) is 18.9 Å². The average molecular weight is 413 g/mol. The van der Waals surface area contributed by atoms with Gasteiger partial charge in [-0.25, -0.2) is 19.9 Å². The predicted molar refractivity (Wildman–Crippen MR) is 105 cm³/mol. The van der Waals surface area contributed by atoms with Crippen LogP contribution in [0.3, 0.4) is 0 Å². The fourth-order valence-electron chi connectivity index (χ4n) is 3.93. The van der Waals surface area contributed by atoms with Crippen LogP contribution < -0.4 is 4.90 Å². The standard InChI is InChI=1S/C20H18F3N7/c21-20(22,23)17-12-30-16(9-27-18(30)10-26-17)15-5-7-25-19(28-15)29-8-2-3-13(11-29)14-4-1-6-24-14/h4-7,9-10,12-13H,1-3,8,11H2. The summed E-state index contributed by atoms with van der Waals surface area (Å²) in [6, 6.07) is 1.67. The Hall–Kier alpha value is -3.30. The molecule has 1 fully saturated rings. The van der Waals surface area contributed by atoms with Gasteiger partial charge in [-0.15, -0.1) is 0 Å². The second kappa shape index (κ2) is 7.19. The zero-order valence-corrected chi connectivity index (χ0v) is 15.9. The van der Waals surface area contributed by atoms with Crippen molar-refractivity contribution in [1.82, 2.24) is 24.3 Å². The summed E-state index contributed by atoms with van der Waals surface area (Å²) >= 11 is 0. The number of aliphatic imine (C=N–C) groups is 1. The van der Waals surface area contributed by atoms with E-state index in [0.29, 0.717) is 28.9 Å². The van der Waals surface area contributed by atoms with Gasteiger partial charge in [0.05, 0.1) is 23.8 Å². The molecule has 0 aromatic carbocycles. The van der Waals surface area contributed by atoms with Gasteiger partial charge in [0.25, 0.3) is 0 Å². The molecule has 154 valence electrons. The first-order valence-corrected chi connectivity index (χ1v) is 9.70. The van der Waals surface area contributed by atoms with Crippen LogP contribution in [0, 0.1) is 5.92 Å². The quantitative estimate of drug-likeness (QED) is 0.654. The van der Waals surface area contributed by atoms with Crippen LogP contribution >= 0.6 is 0 Å². The van der Waals surface area contributed by atoms with Crippen LogP contribution in [-0.2, 0) is 6.18 Å². The van der Waals surface area contributed by atoms with Gasteiger partial charge >= 0.3 is 6.18 Å². The Balaban J connectivity index is 1.47. The maximum absolute atomic E-state index is 13.1. The Morgan fingerprint density at radius 2 is 2.00 bits per heavy atom. The molecule has 7 nitrogen and oxygen atoms in total. The molecule has 2 aliphatic heterocycles. The second-order valence-electron chi connectivity index (χ2n) is 7.35. The molecule has 0 bridgehead atoms. The van der Waals surface area contributed by atoms with E-state index in [1.165, 1.54) is 10.6 Å². The summed E-state index contributed by atoms with van der Waals surface area (Å²) in [4.78, 5) is 23.2. The van der Waals surface area contributed by atoms with E-state index < -0.39 is 11.9 Å². The van der Waals surface area contributed by atoms with Crippen molar-refractivity contribution in [2.24, 2.45) is 10.9 Å². The molecule has 0 radical (unpaired) electrons. The molecule has 1 atom stereocenters. The first-order valence-electron chi connectivity index (χ1n) is 9.70. The lowest BCUT2D eigenvalue weighted by molar-refractivity contribution is -0.141. The summed E-state index contributed by atoms with van der Waals surface area (Å²) < 4.78 is 40.6. The minimum absolute atomic E-state index is 0.322. The minimum Gasteiger partial charge on any atom is -0.340 e. The van der Waals surface area contributed by atoms with Crippen molar-refractivity contribution < 1.29 is 13.2 Å². The maximum atomic E-state index is 13.1. The number of fused-ring (bicyclic) bond motifs is 1. The van der Waals surface area contributed by atoms with Crippen molar-refractivity contribution in [2.75, 3.05) is 18.0 Å². The molecule has 0 aliphatic carbocycles. The van der Waals surface area contributed by atoms with Gasteiger partial charge in [-0.1, -0.05) is 6.08 Å². The van der Waals surface area contributed by atoms with Crippen LogP contribution in [0.4, 0.5) is 19.1 Å². The van der Waals surface area contributed by atoms with Gasteiger partial charge in [0.2, 0.25) is 5.95 Å². The Morgan fingerprint density at radius 1 is 1.10 bits per heavy atom. The summed E-state index contributed by atoms with van der Waals surface area (Å²) in [5.41, 5.74) is 1.42. The summed E-state index contributed by atoms with van der Waals surface area (Å²) in [5, 5.41) is 0. The van der Waals surface area contributed by atoms with E-state index in [1.807, 2.05) is 6.21 Å². The number of rotatable bonds is 3. The van der Waals surface area contributed by atoms with Gasteiger partial charge in [0.15, 0.2) is 11.3 Å². The summed E-state index contributed by atoms with van der Waals surface area (Å²) in [7, 11) is 0. The molecule has 0 saturated carbocycles. The first kappa shape index (κ1) is 18.7. The number of imidazole rings is 1. The van der Waals surface area contributed by atoms with Gasteiger partial charge in [0.1, 0.15) is 0 Å². The topological polar surface area (TPSA) is 71.6 Å². The summed E-state index contributed by atoms with van der Waals surface area (Å²) in [5.74, 6) is 0.890. The van der Waals surface area contributed by atoms with Crippen LogP contribution in [0.15, 0.2) is 47.6 Å². The zero-order chi connectivity index (χ0) is 20.7. The molecule has 5 rings (SSSR count). The second-order valence-corrected chi connectivity index (χ2v) is 7.35. The highest BCUT2D eigenvalue weighted by Gasteiger charge is 2.33. The van der Waals surface area contributed by atoms with Gasteiger partial charge in [0, 0.05) is 49.7 Å². The SMILES string of the molecule is FC(F)(F)c1cn2c(-c3ccnc(N4CCCC(C5=CCC=N5)C4)n3)cnc2cn1. The number of aromatic nitrogens is 5. The molecule has 0 amide bonds. The van der Waals surface area contributed by atoms with Crippen molar-refractivity contribution in [3.8, 4) is 11.4 Å². The molecular formula is C20H18F3N7. The first-order chi connectivity index (χ1) is 14.5. The molecule has 30 heavy (non-hydrogen) atoms. The van der Waals surface area contributed by atoms with Crippen molar-refractivity contribution >= 4 is 17.8 Å². The highest BCUT2D eigenvalue weighted by Crippen LogP contribution is 2.31. The van der Waals surface area contributed by atoms with E-state index >= 15 is 0 Å². The summed E-state index contributed by atoms with van der Waals surface area (Å²) in [6.45, 7) is 1.59. The van der Waals surface area contributed by atoms with E-state index in [2.05, 4.69) is 35.9 Å². The van der Waals surface area contributed by atoms with Crippen molar-refractivity contribution in [3.05, 3.63) is 48.3 Å². The number of allylic oxidation sites excluding steroid dienone is 1. The molecule has 3 aromatic heterocycles. The van der Waals surface area contributed by atoms with Crippen molar-refractivity contribution in [3.63, 3.8) is 0 Å². The maximum Gasteiger partial charge on any atom is 0.434 e. The van der Waals surface area contributed by atoms with E-state index in [9.17, 15) is 13.2 Å². The van der Waals surface area contributed by atoms with Crippen LogP contribution in [0.5, 0.6) is 0 Å². The minimum atomic E-state index is -4.53. The lowest BCUT2D eigenvalue weighted by Crippen LogP contribution is -2.37. The molecule has 10 heteroatoms. The number of hydrogen-bond acceptors (Lipinski definition) is 6. The highest BCUT2D eigenvalue weighted by molar-refractivity contribution is 5.65. The smallest absolute Gasteiger partial charge is 0.340 e. The monoisotopic (exact) mass is 413 g/mol. The number of hydrogen-bond donors (Lipinski definition) is 0. The van der Waals surface area contributed by atoms with E-state index in [4.69, 9.17) is 0 Å². The lowest BCUT2D eigenvalue weighted by Gasteiger charge is -2.32. The molecule has 3 aromatic rings. The Kier molecular flexibility index (Phi) is 4.48. The number of anilines is 1. The largest absolute Gasteiger partial charge is 0.434 e. The molecule has 0 spiro atoms. The van der Waals surface area contributed by atoms with Gasteiger partial charge in [-0.2, -0.15) is 13.2 Å². The fourth-order valence-corrected chi connectivity index (χ4v) is 3.93. The molecular weight excluding hydrogens is 395 g/mol. The Morgan fingerprint density at radius 3 is 2.80 bits per heavy atom. The molecule has 1 unspecified atom stereocenters. The normalized spacial score (nSPS) is 19.5. The van der Waals surface area contributed by atoms with Crippen molar-refractivity contribution in [2.45, 2.75) is 25.4 Å². The highest BCUT2D eigenvalue weighted by atomic mass is 19.4. The van der Waals surface area contributed by atoms with Crippen LogP contribution in [0.25, 0.3) is 17.0 Å². The molecule has 5 heterocycles. The van der Waals surface area contributed by atoms with Gasteiger partial charge < -0.3 is 4.90 Å². The zero-order valence-electron chi connectivity index (χ0n) is 15.9. The fraction of sp³-hybridized carbons (Fsp3) is 0.350. The lowest BCUT2D eigenvalue weighted by atomic mass is 9.95. The van der Waals surface area contributed by atoms with Crippen LogP contribution in [0.2, 0.25) is 0 Å². The Labute approximate surface area is 170 Å². The molecule has 0 N–H and O–H groups in total. The number of nitrogens with zero attached hydrogens (tertiary/aromatic N) is 7. The summed E-state index contributed by atoms with van der Waals surface area (Å²) in [6.07, 6.45) is 7.66. The third kappa shape index (κ3) is 3.42. The molecule has 1 saturated heterocycles. The Bertz CT molecular complexity index is 1150. The average Bonchev–Trinajstić information content (AvgIpc) is 3.43. The number of piperidine rings is 1. The van der Waals surface area contributed by atoms with Gasteiger partial charge in [-0.3, -0.25) is 9.39 Å². The third-order valence-electron chi connectivity index (χ3n) is 5.39. The van der Waals surface area contributed by atoms with E-state index in [-0.39, 0.29) is 0 Å². The predicted octanol–water partition coefficient (Wildman–Crippen LogP) is 3.78. The molecule has 2 aliphatic rings.